The van der Waals surface area contributed by atoms with E-state index in [2.05, 4.69) is 65.1 Å². The Hall–Kier alpha value is -2.22. The molecule has 0 unspecified atom stereocenters. The van der Waals surface area contributed by atoms with Crippen molar-refractivity contribution in [3.8, 4) is 0 Å². The van der Waals surface area contributed by atoms with Crippen molar-refractivity contribution in [2.24, 2.45) is 0 Å². The van der Waals surface area contributed by atoms with Crippen LogP contribution in [-0.2, 0) is 4.79 Å². The summed E-state index contributed by atoms with van der Waals surface area (Å²) in [5.41, 5.74) is 2.45. The van der Waals surface area contributed by atoms with Gasteiger partial charge in [0.05, 0.1) is 5.75 Å². The lowest BCUT2D eigenvalue weighted by atomic mass is 10.2. The van der Waals surface area contributed by atoms with Crippen molar-refractivity contribution < 1.29 is 4.79 Å². The summed E-state index contributed by atoms with van der Waals surface area (Å²) in [5.74, 6) is 0.616. The van der Waals surface area contributed by atoms with Gasteiger partial charge in [-0.2, -0.15) is 0 Å². The van der Waals surface area contributed by atoms with Gasteiger partial charge < -0.3 is 4.90 Å². The number of benzene rings is 1. The molecule has 0 spiro atoms. The highest BCUT2D eigenvalue weighted by Crippen LogP contribution is 2.34. The summed E-state index contributed by atoms with van der Waals surface area (Å²) < 4.78 is 0. The van der Waals surface area contributed by atoms with Crippen molar-refractivity contribution in [3.05, 3.63) is 58.7 Å². The van der Waals surface area contributed by atoms with Gasteiger partial charge in [-0.25, -0.2) is 9.97 Å². The fourth-order valence-electron chi connectivity index (χ4n) is 3.56. The maximum absolute atomic E-state index is 12.7. The Balaban J connectivity index is 1.26. The van der Waals surface area contributed by atoms with Crippen LogP contribution in [0.3, 0.4) is 0 Å². The molecule has 5 nitrogen and oxygen atoms in total. The average Bonchev–Trinajstić information content (AvgIpc) is 3.07. The van der Waals surface area contributed by atoms with Crippen LogP contribution in [-0.4, -0.2) is 64.2 Å². The van der Waals surface area contributed by atoms with Crippen molar-refractivity contribution in [1.29, 1.82) is 0 Å². The summed E-state index contributed by atoms with van der Waals surface area (Å²) in [6.45, 7) is 8.53. The number of thioether (sulfide) groups is 1. The summed E-state index contributed by atoms with van der Waals surface area (Å²) in [6.07, 6.45) is 5.96. The average molecular weight is 439 g/mol. The maximum Gasteiger partial charge on any atom is 0.233 e. The van der Waals surface area contributed by atoms with Crippen LogP contribution < -0.4 is 0 Å². The molecule has 0 aliphatic carbocycles. The van der Waals surface area contributed by atoms with Crippen molar-refractivity contribution in [2.75, 3.05) is 38.5 Å². The van der Waals surface area contributed by atoms with Gasteiger partial charge in [0.1, 0.15) is 16.2 Å². The zero-order chi connectivity index (χ0) is 20.9. The van der Waals surface area contributed by atoms with Crippen molar-refractivity contribution in [1.82, 2.24) is 19.8 Å². The van der Waals surface area contributed by atoms with E-state index >= 15 is 0 Å². The van der Waals surface area contributed by atoms with Crippen LogP contribution in [0.2, 0.25) is 0 Å². The Bertz CT molecular complexity index is 1040. The number of hydrogen-bond acceptors (Lipinski definition) is 6. The van der Waals surface area contributed by atoms with Gasteiger partial charge in [0.15, 0.2) is 0 Å². The van der Waals surface area contributed by atoms with Crippen LogP contribution in [0.15, 0.2) is 47.8 Å². The Labute approximate surface area is 185 Å². The van der Waals surface area contributed by atoms with E-state index in [1.54, 1.807) is 17.7 Å². The van der Waals surface area contributed by atoms with E-state index in [0.717, 1.165) is 48.0 Å². The summed E-state index contributed by atoms with van der Waals surface area (Å²) in [4.78, 5) is 28.2. The summed E-state index contributed by atoms with van der Waals surface area (Å²) in [6, 6.07) is 10.3. The Morgan fingerprint density at radius 2 is 1.90 bits per heavy atom. The predicted molar refractivity (Wildman–Crippen MR) is 126 cm³/mol. The molecule has 0 bridgehead atoms. The summed E-state index contributed by atoms with van der Waals surface area (Å²) >= 11 is 3.22. The zero-order valence-electron chi connectivity index (χ0n) is 17.4. The Morgan fingerprint density at radius 3 is 2.67 bits per heavy atom. The lowest BCUT2D eigenvalue weighted by Crippen LogP contribution is -2.49. The largest absolute Gasteiger partial charge is 0.339 e. The molecule has 1 saturated heterocycles. The third-order valence-electron chi connectivity index (χ3n) is 5.46. The van der Waals surface area contributed by atoms with Gasteiger partial charge in [-0.3, -0.25) is 9.69 Å². The summed E-state index contributed by atoms with van der Waals surface area (Å²) in [7, 11) is 0. The second kappa shape index (κ2) is 9.73. The number of rotatable bonds is 6. The number of thiophene rings is 1. The van der Waals surface area contributed by atoms with Gasteiger partial charge >= 0.3 is 0 Å². The second-order valence-electron chi connectivity index (χ2n) is 7.43. The minimum atomic E-state index is 0.191. The molecule has 3 heterocycles. The fraction of sp³-hybridized carbons (Fsp3) is 0.348. The Kier molecular flexibility index (Phi) is 6.82. The predicted octanol–water partition coefficient (Wildman–Crippen LogP) is 4.26. The molecule has 4 rings (SSSR count). The quantitative estimate of drug-likeness (QED) is 0.425. The number of carbonyl (C=O) groups excluding carboxylic acids is 1. The zero-order valence-corrected chi connectivity index (χ0v) is 19.0. The normalized spacial score (nSPS) is 15.3. The molecule has 3 aromatic rings. The van der Waals surface area contributed by atoms with Gasteiger partial charge in [0.2, 0.25) is 5.91 Å². The van der Waals surface area contributed by atoms with Gasteiger partial charge in [-0.1, -0.05) is 54.2 Å². The van der Waals surface area contributed by atoms with Crippen molar-refractivity contribution >= 4 is 45.3 Å². The molecule has 0 N–H and O–H groups in total. The van der Waals surface area contributed by atoms with E-state index in [0.29, 0.717) is 5.75 Å². The monoisotopic (exact) mass is 438 g/mol. The van der Waals surface area contributed by atoms with Gasteiger partial charge in [0.25, 0.3) is 0 Å². The molecule has 1 fully saturated rings. The molecule has 30 heavy (non-hydrogen) atoms. The van der Waals surface area contributed by atoms with E-state index in [-0.39, 0.29) is 5.91 Å². The highest BCUT2D eigenvalue weighted by atomic mass is 32.2. The first-order valence-electron chi connectivity index (χ1n) is 10.2. The number of amides is 1. The number of piperazine rings is 1. The molecule has 0 atom stereocenters. The second-order valence-corrected chi connectivity index (χ2v) is 9.59. The molecule has 0 radical (unpaired) electrons. The van der Waals surface area contributed by atoms with Crippen molar-refractivity contribution in [3.63, 3.8) is 0 Å². The molecule has 156 valence electrons. The molecule has 1 aliphatic rings. The van der Waals surface area contributed by atoms with Gasteiger partial charge in [-0.05, 0) is 25.0 Å². The molecule has 1 amide bonds. The number of nitrogens with zero attached hydrogens (tertiary/aromatic N) is 4. The highest BCUT2D eigenvalue weighted by molar-refractivity contribution is 8.00. The first kappa shape index (κ1) is 21.0. The van der Waals surface area contributed by atoms with Crippen LogP contribution in [0.1, 0.15) is 16.0 Å². The third kappa shape index (κ3) is 4.91. The molecule has 2 aromatic heterocycles. The maximum atomic E-state index is 12.7. The van der Waals surface area contributed by atoms with Crippen LogP contribution >= 0.6 is 23.1 Å². The minimum absolute atomic E-state index is 0.191. The third-order valence-corrected chi connectivity index (χ3v) is 7.55. The molecule has 7 heteroatoms. The van der Waals surface area contributed by atoms with E-state index in [9.17, 15) is 4.79 Å². The van der Waals surface area contributed by atoms with E-state index in [4.69, 9.17) is 0 Å². The number of carbonyl (C=O) groups is 1. The van der Waals surface area contributed by atoms with E-state index in [1.165, 1.54) is 27.8 Å². The van der Waals surface area contributed by atoms with Gasteiger partial charge in [-0.15, -0.1) is 11.3 Å². The van der Waals surface area contributed by atoms with Crippen molar-refractivity contribution in [2.45, 2.75) is 18.9 Å². The minimum Gasteiger partial charge on any atom is -0.339 e. The van der Waals surface area contributed by atoms with Crippen LogP contribution in [0, 0.1) is 13.8 Å². The van der Waals surface area contributed by atoms with E-state index < -0.39 is 0 Å². The van der Waals surface area contributed by atoms with Crippen LogP contribution in [0.25, 0.3) is 16.3 Å². The SMILES string of the molecule is Cc1sc2ncnc(SCC(=O)N3CCN(CC=Cc4ccccc4)CC3)c2c1C. The first-order chi connectivity index (χ1) is 14.6. The molecule has 1 aliphatic heterocycles. The lowest BCUT2D eigenvalue weighted by Gasteiger charge is -2.34. The first-order valence-corrected chi connectivity index (χ1v) is 12.0. The fourth-order valence-corrected chi connectivity index (χ4v) is 5.58. The molecular formula is C23H26N4OS2. The topological polar surface area (TPSA) is 49.3 Å². The number of hydrogen-bond donors (Lipinski definition) is 0. The molecule has 0 saturated carbocycles. The standard InChI is InChI=1S/C23H26N4OS2/c1-17-18(2)30-23-21(17)22(24-16-25-23)29-15-20(28)27-13-11-26(12-14-27)10-6-9-19-7-4-3-5-8-19/h3-9,16H,10-15H2,1-2H3. The summed E-state index contributed by atoms with van der Waals surface area (Å²) in [5, 5.41) is 2.02. The molecule has 1 aromatic carbocycles. The molecular weight excluding hydrogens is 412 g/mol. The number of aromatic nitrogens is 2. The van der Waals surface area contributed by atoms with Gasteiger partial charge in [0, 0.05) is 43.0 Å². The van der Waals surface area contributed by atoms with E-state index in [1.807, 2.05) is 11.0 Å². The highest BCUT2D eigenvalue weighted by Gasteiger charge is 2.21. The van der Waals surface area contributed by atoms with Crippen LogP contribution in [0.4, 0.5) is 0 Å². The number of fused-ring (bicyclic) bond motifs is 1. The smallest absolute Gasteiger partial charge is 0.233 e. The number of aryl methyl sites for hydroxylation is 2. The lowest BCUT2D eigenvalue weighted by molar-refractivity contribution is -0.129. The van der Waals surface area contributed by atoms with Crippen LogP contribution in [0.5, 0.6) is 0 Å². The Morgan fingerprint density at radius 1 is 1.13 bits per heavy atom.